The Balaban J connectivity index is 1.88. The maximum atomic E-state index is 11.8. The van der Waals surface area contributed by atoms with E-state index in [-0.39, 0.29) is 23.9 Å². The first-order valence-electron chi connectivity index (χ1n) is 7.34. The van der Waals surface area contributed by atoms with Crippen molar-refractivity contribution in [3.63, 3.8) is 0 Å². The molecule has 6 nitrogen and oxygen atoms in total. The lowest BCUT2D eigenvalue weighted by molar-refractivity contribution is -0.127. The van der Waals surface area contributed by atoms with Crippen molar-refractivity contribution in [1.82, 2.24) is 15.5 Å². The van der Waals surface area contributed by atoms with E-state index in [4.69, 9.17) is 4.74 Å². The highest BCUT2D eigenvalue weighted by atomic mass is 16.5. The molecule has 6 heteroatoms. The van der Waals surface area contributed by atoms with Gasteiger partial charge in [-0.1, -0.05) is 18.2 Å². The number of methoxy groups -OCH3 is 1. The van der Waals surface area contributed by atoms with Gasteiger partial charge in [-0.25, -0.2) is 4.79 Å². The Labute approximate surface area is 130 Å². The van der Waals surface area contributed by atoms with Gasteiger partial charge in [0.05, 0.1) is 13.7 Å². The molecule has 22 heavy (non-hydrogen) atoms. The average molecular weight is 305 g/mol. The second-order valence-electron chi connectivity index (χ2n) is 5.81. The van der Waals surface area contributed by atoms with Crippen molar-refractivity contribution in [2.24, 2.45) is 0 Å². The van der Waals surface area contributed by atoms with Crippen LogP contribution in [0.15, 0.2) is 24.3 Å². The molecule has 0 saturated heterocycles. The molecule has 0 bridgehead atoms. The second kappa shape index (κ2) is 6.68. The summed E-state index contributed by atoms with van der Waals surface area (Å²) in [4.78, 5) is 24.7. The number of benzene rings is 1. The number of hydrogen-bond donors (Lipinski definition) is 2. The van der Waals surface area contributed by atoms with Crippen LogP contribution in [-0.2, 0) is 10.2 Å². The van der Waals surface area contributed by atoms with Gasteiger partial charge in [-0.3, -0.25) is 4.79 Å². The standard InChI is InChI=1S/C16H23N3O3/c1-19(2)14(20)10-17-15(21)18-11-16(8-9-16)12-6-4-5-7-13(12)22-3/h4-7H,8-11H2,1-3H3,(H2,17,18,21). The average Bonchev–Trinajstić information content (AvgIpc) is 3.31. The number of carbonyl (C=O) groups excluding carboxylic acids is 2. The van der Waals surface area contributed by atoms with Gasteiger partial charge in [0.15, 0.2) is 0 Å². The van der Waals surface area contributed by atoms with E-state index in [0.29, 0.717) is 6.54 Å². The molecule has 0 aliphatic heterocycles. The molecule has 1 aromatic rings. The minimum absolute atomic E-state index is 0.000488. The molecule has 120 valence electrons. The predicted molar refractivity (Wildman–Crippen MR) is 84.0 cm³/mol. The summed E-state index contributed by atoms with van der Waals surface area (Å²) < 4.78 is 5.41. The zero-order chi connectivity index (χ0) is 16.2. The van der Waals surface area contributed by atoms with Crippen molar-refractivity contribution in [2.45, 2.75) is 18.3 Å². The number of carbonyl (C=O) groups is 2. The molecule has 1 aromatic carbocycles. The number of para-hydroxylation sites is 1. The van der Waals surface area contributed by atoms with Crippen LogP contribution in [0.25, 0.3) is 0 Å². The van der Waals surface area contributed by atoms with Gasteiger partial charge in [0, 0.05) is 31.6 Å². The van der Waals surface area contributed by atoms with Crippen molar-refractivity contribution < 1.29 is 14.3 Å². The van der Waals surface area contributed by atoms with Crippen LogP contribution in [0.2, 0.25) is 0 Å². The normalized spacial score (nSPS) is 14.9. The van der Waals surface area contributed by atoms with Crippen LogP contribution < -0.4 is 15.4 Å². The number of likely N-dealkylation sites (N-methyl/N-ethyl adjacent to an activating group) is 1. The summed E-state index contributed by atoms with van der Waals surface area (Å²) in [5.41, 5.74) is 1.08. The molecule has 1 aliphatic carbocycles. The fourth-order valence-electron chi connectivity index (χ4n) is 2.40. The van der Waals surface area contributed by atoms with Crippen LogP contribution >= 0.6 is 0 Å². The Kier molecular flexibility index (Phi) is 4.90. The monoisotopic (exact) mass is 305 g/mol. The van der Waals surface area contributed by atoms with Crippen molar-refractivity contribution in [1.29, 1.82) is 0 Å². The van der Waals surface area contributed by atoms with Gasteiger partial charge in [0.1, 0.15) is 5.75 Å². The largest absolute Gasteiger partial charge is 0.496 e. The fraction of sp³-hybridized carbons (Fsp3) is 0.500. The summed E-state index contributed by atoms with van der Waals surface area (Å²) in [6.45, 7) is 0.538. The van der Waals surface area contributed by atoms with Crippen LogP contribution in [0.4, 0.5) is 4.79 Å². The summed E-state index contributed by atoms with van der Waals surface area (Å²) in [6.07, 6.45) is 2.04. The van der Waals surface area contributed by atoms with E-state index in [2.05, 4.69) is 10.6 Å². The van der Waals surface area contributed by atoms with E-state index in [1.807, 2.05) is 24.3 Å². The van der Waals surface area contributed by atoms with Crippen molar-refractivity contribution in [2.75, 3.05) is 34.3 Å². The molecule has 2 N–H and O–H groups in total. The molecule has 0 unspecified atom stereocenters. The number of ether oxygens (including phenoxy) is 1. The Hall–Kier alpha value is -2.24. The summed E-state index contributed by atoms with van der Waals surface area (Å²) >= 11 is 0. The molecule has 2 rings (SSSR count). The molecule has 3 amide bonds. The topological polar surface area (TPSA) is 70.7 Å². The van der Waals surface area contributed by atoms with E-state index in [1.165, 1.54) is 4.90 Å². The number of rotatable bonds is 6. The summed E-state index contributed by atoms with van der Waals surface area (Å²) in [7, 11) is 4.97. The maximum absolute atomic E-state index is 11.8. The second-order valence-corrected chi connectivity index (χ2v) is 5.81. The Morgan fingerprint density at radius 1 is 1.23 bits per heavy atom. The van der Waals surface area contributed by atoms with E-state index < -0.39 is 0 Å². The number of urea groups is 1. The van der Waals surface area contributed by atoms with E-state index >= 15 is 0 Å². The summed E-state index contributed by atoms with van der Waals surface area (Å²) in [5.74, 6) is 0.714. The maximum Gasteiger partial charge on any atom is 0.315 e. The summed E-state index contributed by atoms with van der Waals surface area (Å²) in [6, 6.07) is 7.57. The molecule has 1 aliphatic rings. The first-order valence-corrected chi connectivity index (χ1v) is 7.34. The van der Waals surface area contributed by atoms with Crippen LogP contribution in [0.1, 0.15) is 18.4 Å². The molecule has 1 saturated carbocycles. The third-order valence-electron chi connectivity index (χ3n) is 4.02. The van der Waals surface area contributed by atoms with Crippen LogP contribution in [0.5, 0.6) is 5.75 Å². The lowest BCUT2D eigenvalue weighted by Crippen LogP contribution is -2.44. The van der Waals surface area contributed by atoms with Gasteiger partial charge < -0.3 is 20.3 Å². The van der Waals surface area contributed by atoms with Gasteiger partial charge in [-0.15, -0.1) is 0 Å². The lowest BCUT2D eigenvalue weighted by atomic mass is 9.95. The number of nitrogens with zero attached hydrogens (tertiary/aromatic N) is 1. The molecule has 1 fully saturated rings. The third-order valence-corrected chi connectivity index (χ3v) is 4.02. The highest BCUT2D eigenvalue weighted by Gasteiger charge is 2.46. The number of hydrogen-bond acceptors (Lipinski definition) is 3. The molecule has 0 aromatic heterocycles. The van der Waals surface area contributed by atoms with Gasteiger partial charge in [-0.05, 0) is 18.9 Å². The number of amides is 3. The van der Waals surface area contributed by atoms with Crippen molar-refractivity contribution in [3.05, 3.63) is 29.8 Å². The minimum atomic E-state index is -0.323. The van der Waals surface area contributed by atoms with Gasteiger partial charge in [0.2, 0.25) is 5.91 Å². The number of nitrogens with one attached hydrogen (secondary N) is 2. The van der Waals surface area contributed by atoms with Crippen molar-refractivity contribution >= 4 is 11.9 Å². The molecular weight excluding hydrogens is 282 g/mol. The highest BCUT2D eigenvalue weighted by molar-refractivity contribution is 5.83. The van der Waals surface area contributed by atoms with E-state index in [0.717, 1.165) is 24.2 Å². The minimum Gasteiger partial charge on any atom is -0.496 e. The van der Waals surface area contributed by atoms with Gasteiger partial charge >= 0.3 is 6.03 Å². The Bertz CT molecular complexity index is 553. The smallest absolute Gasteiger partial charge is 0.315 e. The summed E-state index contributed by atoms with van der Waals surface area (Å²) in [5, 5.41) is 5.42. The Morgan fingerprint density at radius 3 is 2.50 bits per heavy atom. The zero-order valence-corrected chi connectivity index (χ0v) is 13.3. The predicted octanol–water partition coefficient (Wildman–Crippen LogP) is 1.11. The lowest BCUT2D eigenvalue weighted by Gasteiger charge is -2.19. The fourth-order valence-corrected chi connectivity index (χ4v) is 2.40. The molecule has 0 heterocycles. The van der Waals surface area contributed by atoms with Gasteiger partial charge in [-0.2, -0.15) is 0 Å². The third kappa shape index (κ3) is 3.69. The Morgan fingerprint density at radius 2 is 1.91 bits per heavy atom. The van der Waals surface area contributed by atoms with Crippen molar-refractivity contribution in [3.8, 4) is 5.75 Å². The van der Waals surface area contributed by atoms with E-state index in [9.17, 15) is 9.59 Å². The van der Waals surface area contributed by atoms with Crippen LogP contribution in [0, 0.1) is 0 Å². The van der Waals surface area contributed by atoms with Crippen LogP contribution in [-0.4, -0.2) is 51.1 Å². The molecular formula is C16H23N3O3. The quantitative estimate of drug-likeness (QED) is 0.827. The molecule has 0 radical (unpaired) electrons. The first kappa shape index (κ1) is 16.1. The molecule has 0 spiro atoms. The first-order chi connectivity index (χ1) is 10.5. The molecule has 0 atom stereocenters. The van der Waals surface area contributed by atoms with E-state index in [1.54, 1.807) is 21.2 Å². The highest BCUT2D eigenvalue weighted by Crippen LogP contribution is 2.50. The van der Waals surface area contributed by atoms with Crippen LogP contribution in [0.3, 0.4) is 0 Å². The zero-order valence-electron chi connectivity index (χ0n) is 13.3. The van der Waals surface area contributed by atoms with Gasteiger partial charge in [0.25, 0.3) is 0 Å². The SMILES string of the molecule is COc1ccccc1C1(CNC(=O)NCC(=O)N(C)C)CC1.